The van der Waals surface area contributed by atoms with E-state index in [-0.39, 0.29) is 6.61 Å². The van der Waals surface area contributed by atoms with Crippen LogP contribution >= 0.6 is 0 Å². The van der Waals surface area contributed by atoms with Crippen LogP contribution in [0.4, 0.5) is 5.69 Å². The molecule has 2 rings (SSSR count). The Kier molecular flexibility index (Phi) is 4.55. The first-order valence-corrected chi connectivity index (χ1v) is 6.40. The monoisotopic (exact) mass is 257 g/mol. The van der Waals surface area contributed by atoms with E-state index in [4.69, 9.17) is 5.11 Å². The van der Waals surface area contributed by atoms with Gasteiger partial charge in [0.15, 0.2) is 0 Å². The molecule has 2 aromatic rings. The molecule has 0 saturated carbocycles. The van der Waals surface area contributed by atoms with Gasteiger partial charge in [-0.05, 0) is 24.1 Å². The number of anilines is 1. The topological polar surface area (TPSA) is 52.5 Å². The Morgan fingerprint density at radius 1 is 1.00 bits per heavy atom. The third-order valence-electron chi connectivity index (χ3n) is 3.10. The fourth-order valence-electron chi connectivity index (χ4n) is 2.04. The average Bonchev–Trinajstić information content (AvgIpc) is 2.45. The number of aliphatic hydroxyl groups is 2. The molecule has 2 aromatic carbocycles. The van der Waals surface area contributed by atoms with Gasteiger partial charge in [0.25, 0.3) is 0 Å². The zero-order chi connectivity index (χ0) is 13.7. The van der Waals surface area contributed by atoms with Crippen molar-refractivity contribution in [3.8, 4) is 11.1 Å². The number of aryl methyl sites for hydroxylation is 1. The molecule has 1 atom stereocenters. The van der Waals surface area contributed by atoms with Crippen molar-refractivity contribution in [3.05, 3.63) is 54.1 Å². The Morgan fingerprint density at radius 2 is 1.63 bits per heavy atom. The number of benzene rings is 2. The summed E-state index contributed by atoms with van der Waals surface area (Å²) < 4.78 is 0. The summed E-state index contributed by atoms with van der Waals surface area (Å²) in [5, 5.41) is 21.5. The van der Waals surface area contributed by atoms with E-state index in [1.165, 1.54) is 11.1 Å². The van der Waals surface area contributed by atoms with Gasteiger partial charge in [0.2, 0.25) is 0 Å². The molecule has 3 heteroatoms. The quantitative estimate of drug-likeness (QED) is 0.771. The van der Waals surface area contributed by atoms with Crippen molar-refractivity contribution in [2.24, 2.45) is 0 Å². The van der Waals surface area contributed by atoms with E-state index in [9.17, 15) is 5.11 Å². The minimum atomic E-state index is -0.745. The van der Waals surface area contributed by atoms with Gasteiger partial charge < -0.3 is 15.5 Å². The zero-order valence-corrected chi connectivity index (χ0v) is 11.0. The van der Waals surface area contributed by atoms with Crippen molar-refractivity contribution >= 4 is 5.69 Å². The molecule has 0 bridgehead atoms. The molecule has 0 radical (unpaired) electrons. The normalized spacial score (nSPS) is 12.2. The number of aliphatic hydroxyl groups excluding tert-OH is 2. The van der Waals surface area contributed by atoms with E-state index in [0.29, 0.717) is 6.54 Å². The predicted molar refractivity (Wildman–Crippen MR) is 78.2 cm³/mol. The maximum absolute atomic E-state index is 9.42. The number of para-hydroxylation sites is 1. The van der Waals surface area contributed by atoms with Gasteiger partial charge in [-0.2, -0.15) is 0 Å². The lowest BCUT2D eigenvalue weighted by Gasteiger charge is -2.15. The second-order valence-electron chi connectivity index (χ2n) is 4.58. The van der Waals surface area contributed by atoms with Crippen LogP contribution in [-0.4, -0.2) is 29.5 Å². The van der Waals surface area contributed by atoms with Gasteiger partial charge in [-0.3, -0.25) is 0 Å². The average molecular weight is 257 g/mol. The summed E-state index contributed by atoms with van der Waals surface area (Å²) in [6.45, 7) is 2.17. The number of rotatable bonds is 5. The Balaban J connectivity index is 2.29. The highest BCUT2D eigenvalue weighted by atomic mass is 16.3. The maximum atomic E-state index is 9.42. The molecule has 0 spiro atoms. The lowest BCUT2D eigenvalue weighted by Crippen LogP contribution is -2.23. The summed E-state index contributed by atoms with van der Waals surface area (Å²) in [5.41, 5.74) is 4.44. The maximum Gasteiger partial charge on any atom is 0.0942 e. The minimum Gasteiger partial charge on any atom is -0.394 e. The van der Waals surface area contributed by atoms with Crippen LogP contribution in [0, 0.1) is 6.92 Å². The Hall–Kier alpha value is -1.84. The highest BCUT2D eigenvalue weighted by molar-refractivity contribution is 5.79. The van der Waals surface area contributed by atoms with Gasteiger partial charge in [0.05, 0.1) is 12.7 Å². The second-order valence-corrected chi connectivity index (χ2v) is 4.58. The van der Waals surface area contributed by atoms with E-state index in [1.807, 2.05) is 30.3 Å². The van der Waals surface area contributed by atoms with E-state index >= 15 is 0 Å². The Morgan fingerprint density at radius 3 is 2.32 bits per heavy atom. The molecule has 3 nitrogen and oxygen atoms in total. The zero-order valence-electron chi connectivity index (χ0n) is 11.0. The van der Waals surface area contributed by atoms with E-state index < -0.39 is 6.10 Å². The summed E-state index contributed by atoms with van der Waals surface area (Å²) >= 11 is 0. The SMILES string of the molecule is Cc1ccccc1-c1ccccc1NCC(O)CO. The van der Waals surface area contributed by atoms with Gasteiger partial charge in [0.1, 0.15) is 0 Å². The molecule has 0 aliphatic carbocycles. The standard InChI is InChI=1S/C16H19NO2/c1-12-6-2-3-7-14(12)15-8-4-5-9-16(15)17-10-13(19)11-18/h2-9,13,17-19H,10-11H2,1H3. The third kappa shape index (κ3) is 3.34. The van der Waals surface area contributed by atoms with Gasteiger partial charge >= 0.3 is 0 Å². The lowest BCUT2D eigenvalue weighted by molar-refractivity contribution is 0.105. The van der Waals surface area contributed by atoms with Crippen LogP contribution in [0.1, 0.15) is 5.56 Å². The smallest absolute Gasteiger partial charge is 0.0942 e. The summed E-state index contributed by atoms with van der Waals surface area (Å²) in [6.07, 6.45) is -0.745. The van der Waals surface area contributed by atoms with Gasteiger partial charge in [-0.15, -0.1) is 0 Å². The van der Waals surface area contributed by atoms with Crippen molar-refractivity contribution in [2.45, 2.75) is 13.0 Å². The third-order valence-corrected chi connectivity index (χ3v) is 3.10. The first-order valence-electron chi connectivity index (χ1n) is 6.40. The van der Waals surface area contributed by atoms with Crippen LogP contribution in [0.5, 0.6) is 0 Å². The van der Waals surface area contributed by atoms with Crippen molar-refractivity contribution < 1.29 is 10.2 Å². The fraction of sp³-hybridized carbons (Fsp3) is 0.250. The lowest BCUT2D eigenvalue weighted by atomic mass is 9.99. The number of hydrogen-bond acceptors (Lipinski definition) is 3. The van der Waals surface area contributed by atoms with E-state index in [2.05, 4.69) is 30.4 Å². The van der Waals surface area contributed by atoms with Crippen molar-refractivity contribution in [1.82, 2.24) is 0 Å². The van der Waals surface area contributed by atoms with E-state index in [1.54, 1.807) is 0 Å². The molecular formula is C16H19NO2. The molecule has 0 fully saturated rings. The number of hydrogen-bond donors (Lipinski definition) is 3. The minimum absolute atomic E-state index is 0.237. The number of nitrogens with one attached hydrogen (secondary N) is 1. The highest BCUT2D eigenvalue weighted by Crippen LogP contribution is 2.30. The van der Waals surface area contributed by atoms with Crippen molar-refractivity contribution in [3.63, 3.8) is 0 Å². The molecule has 100 valence electrons. The van der Waals surface area contributed by atoms with Crippen LogP contribution < -0.4 is 5.32 Å². The molecule has 0 heterocycles. The van der Waals surface area contributed by atoms with Crippen LogP contribution in [-0.2, 0) is 0 Å². The van der Waals surface area contributed by atoms with Gasteiger partial charge in [0, 0.05) is 17.8 Å². The summed E-state index contributed by atoms with van der Waals surface area (Å²) in [5.74, 6) is 0. The fourth-order valence-corrected chi connectivity index (χ4v) is 2.04. The Bertz CT molecular complexity index is 540. The molecule has 1 unspecified atom stereocenters. The van der Waals surface area contributed by atoms with Crippen LogP contribution in [0.2, 0.25) is 0 Å². The second kappa shape index (κ2) is 6.36. The molecule has 0 amide bonds. The first kappa shape index (κ1) is 13.6. The van der Waals surface area contributed by atoms with Gasteiger partial charge in [-0.25, -0.2) is 0 Å². The van der Waals surface area contributed by atoms with E-state index in [0.717, 1.165) is 11.3 Å². The molecule has 3 N–H and O–H groups in total. The molecule has 0 saturated heterocycles. The molecular weight excluding hydrogens is 238 g/mol. The first-order chi connectivity index (χ1) is 9.22. The highest BCUT2D eigenvalue weighted by Gasteiger charge is 2.08. The predicted octanol–water partition coefficient (Wildman–Crippen LogP) is 2.43. The van der Waals surface area contributed by atoms with Crippen LogP contribution in [0.3, 0.4) is 0 Å². The molecule has 0 aromatic heterocycles. The largest absolute Gasteiger partial charge is 0.394 e. The van der Waals surface area contributed by atoms with Crippen LogP contribution in [0.25, 0.3) is 11.1 Å². The molecule has 19 heavy (non-hydrogen) atoms. The van der Waals surface area contributed by atoms with Crippen molar-refractivity contribution in [1.29, 1.82) is 0 Å². The molecule has 0 aliphatic rings. The van der Waals surface area contributed by atoms with Gasteiger partial charge in [-0.1, -0.05) is 42.5 Å². The Labute approximate surface area is 113 Å². The van der Waals surface area contributed by atoms with Crippen LogP contribution in [0.15, 0.2) is 48.5 Å². The summed E-state index contributed by atoms with van der Waals surface area (Å²) in [7, 11) is 0. The summed E-state index contributed by atoms with van der Waals surface area (Å²) in [4.78, 5) is 0. The summed E-state index contributed by atoms with van der Waals surface area (Å²) in [6, 6.07) is 16.2. The van der Waals surface area contributed by atoms with Crippen molar-refractivity contribution in [2.75, 3.05) is 18.5 Å². The molecule has 0 aliphatic heterocycles.